The summed E-state index contributed by atoms with van der Waals surface area (Å²) in [6.07, 6.45) is 7.26. The van der Waals surface area contributed by atoms with Crippen molar-refractivity contribution in [2.75, 3.05) is 32.2 Å². The molecule has 2 aliphatic heterocycles. The van der Waals surface area contributed by atoms with E-state index in [-0.39, 0.29) is 12.1 Å². The van der Waals surface area contributed by atoms with Crippen LogP contribution in [0.3, 0.4) is 0 Å². The van der Waals surface area contributed by atoms with E-state index in [4.69, 9.17) is 14.2 Å². The molecule has 3 aromatic rings. The Kier molecular flexibility index (Phi) is 6.59. The molecule has 0 spiro atoms. The van der Waals surface area contributed by atoms with Crippen LogP contribution in [0.1, 0.15) is 37.8 Å². The molecule has 2 aliphatic rings. The number of hydrogen-bond donors (Lipinski definition) is 1. The normalized spacial score (nSPS) is 18.1. The molecule has 4 heterocycles. The van der Waals surface area contributed by atoms with Gasteiger partial charge in [0.2, 0.25) is 11.8 Å². The zero-order chi connectivity index (χ0) is 24.4. The first-order valence-electron chi connectivity index (χ1n) is 12.1. The number of benzene rings is 1. The van der Waals surface area contributed by atoms with Crippen molar-refractivity contribution in [1.82, 2.24) is 20.1 Å². The van der Waals surface area contributed by atoms with Crippen molar-refractivity contribution in [3.63, 3.8) is 0 Å². The topological polar surface area (TPSA) is 90.7 Å². The fourth-order valence-electron chi connectivity index (χ4n) is 4.94. The van der Waals surface area contributed by atoms with Crippen LogP contribution in [0.2, 0.25) is 0 Å². The number of carbonyl (C=O) groups excluding carboxylic acids is 1. The second kappa shape index (κ2) is 9.95. The molecule has 1 saturated heterocycles. The quantitative estimate of drug-likeness (QED) is 0.575. The summed E-state index contributed by atoms with van der Waals surface area (Å²) in [6, 6.07) is 9.78. The average molecular weight is 478 g/mol. The van der Waals surface area contributed by atoms with Crippen molar-refractivity contribution in [2.45, 2.75) is 44.7 Å². The van der Waals surface area contributed by atoms with Crippen LogP contribution in [-0.4, -0.2) is 54.2 Å². The first kappa shape index (κ1) is 23.2. The summed E-state index contributed by atoms with van der Waals surface area (Å²) < 4.78 is 18.9. The van der Waals surface area contributed by atoms with E-state index < -0.39 is 0 Å². The lowest BCUT2D eigenvalue weighted by Gasteiger charge is -2.35. The molecule has 0 saturated carbocycles. The number of methoxy groups -OCH3 is 2. The summed E-state index contributed by atoms with van der Waals surface area (Å²) >= 11 is 0. The summed E-state index contributed by atoms with van der Waals surface area (Å²) in [6.45, 7) is 4.02. The fourth-order valence-corrected chi connectivity index (χ4v) is 4.94. The SMILES string of the molecule is COC(=O)N1c2ccc(-c3cnn(C4CCNCC4)c3)c(Oc3cccc(OC)n3)c2CCC1C. The standard InChI is InChI=1S/C26H31N5O4/c1-17-7-8-21-22(31(17)26(32)34-3)10-9-20(25(21)35-24-6-4-5-23(29-24)33-2)18-15-28-30(16-18)19-11-13-27-14-12-19/h4-6,9-10,15-17,19,27H,7-8,11-14H2,1-3H3. The summed E-state index contributed by atoms with van der Waals surface area (Å²) in [7, 11) is 2.98. The lowest BCUT2D eigenvalue weighted by molar-refractivity contribution is 0.175. The number of ether oxygens (including phenoxy) is 3. The molecule has 35 heavy (non-hydrogen) atoms. The Labute approximate surface area is 205 Å². The predicted octanol–water partition coefficient (Wildman–Crippen LogP) is 4.58. The second-order valence-corrected chi connectivity index (χ2v) is 8.98. The molecule has 1 unspecified atom stereocenters. The summed E-state index contributed by atoms with van der Waals surface area (Å²) in [5.41, 5.74) is 3.62. The van der Waals surface area contributed by atoms with Crippen molar-refractivity contribution < 1.29 is 19.0 Å². The van der Waals surface area contributed by atoms with Crippen LogP contribution in [-0.2, 0) is 11.2 Å². The first-order valence-corrected chi connectivity index (χ1v) is 12.1. The van der Waals surface area contributed by atoms with Gasteiger partial charge in [-0.25, -0.2) is 4.79 Å². The Balaban J connectivity index is 1.60. The molecule has 9 heteroatoms. The van der Waals surface area contributed by atoms with E-state index in [0.717, 1.165) is 61.2 Å². The van der Waals surface area contributed by atoms with E-state index in [2.05, 4.69) is 26.3 Å². The minimum atomic E-state index is -0.379. The Morgan fingerprint density at radius 2 is 1.89 bits per heavy atom. The number of aromatic nitrogens is 3. The third-order valence-corrected chi connectivity index (χ3v) is 6.83. The van der Waals surface area contributed by atoms with Crippen molar-refractivity contribution in [2.24, 2.45) is 0 Å². The average Bonchev–Trinajstić information content (AvgIpc) is 3.39. The highest BCUT2D eigenvalue weighted by molar-refractivity contribution is 5.92. The number of anilines is 1. The number of rotatable bonds is 5. The molecule has 1 fully saturated rings. The summed E-state index contributed by atoms with van der Waals surface area (Å²) in [5, 5.41) is 8.09. The van der Waals surface area contributed by atoms with Gasteiger partial charge in [0.1, 0.15) is 5.75 Å². The Bertz CT molecular complexity index is 1200. The van der Waals surface area contributed by atoms with Gasteiger partial charge in [0.25, 0.3) is 0 Å². The zero-order valence-corrected chi connectivity index (χ0v) is 20.4. The highest BCUT2D eigenvalue weighted by Crippen LogP contribution is 2.45. The smallest absolute Gasteiger partial charge is 0.414 e. The van der Waals surface area contributed by atoms with Crippen LogP contribution in [0.15, 0.2) is 42.7 Å². The highest BCUT2D eigenvalue weighted by atomic mass is 16.5. The summed E-state index contributed by atoms with van der Waals surface area (Å²) in [5.74, 6) is 1.57. The van der Waals surface area contributed by atoms with Crippen molar-refractivity contribution in [3.05, 3.63) is 48.3 Å². The highest BCUT2D eigenvalue weighted by Gasteiger charge is 2.32. The van der Waals surface area contributed by atoms with Crippen molar-refractivity contribution in [1.29, 1.82) is 0 Å². The van der Waals surface area contributed by atoms with Gasteiger partial charge in [-0.15, -0.1) is 0 Å². The van der Waals surface area contributed by atoms with E-state index in [0.29, 0.717) is 23.6 Å². The Morgan fingerprint density at radius 1 is 1.09 bits per heavy atom. The molecule has 0 aliphatic carbocycles. The van der Waals surface area contributed by atoms with E-state index >= 15 is 0 Å². The van der Waals surface area contributed by atoms with Crippen LogP contribution in [0, 0.1) is 0 Å². The number of fused-ring (bicyclic) bond motifs is 1. The molecule has 5 rings (SSSR count). The molecule has 1 aromatic carbocycles. The van der Waals surface area contributed by atoms with Gasteiger partial charge < -0.3 is 19.5 Å². The van der Waals surface area contributed by atoms with Gasteiger partial charge in [-0.3, -0.25) is 9.58 Å². The fraction of sp³-hybridized carbons (Fsp3) is 0.423. The molecule has 1 atom stereocenters. The van der Waals surface area contributed by atoms with Gasteiger partial charge in [-0.05, 0) is 57.8 Å². The second-order valence-electron chi connectivity index (χ2n) is 8.98. The molecule has 0 bridgehead atoms. The summed E-state index contributed by atoms with van der Waals surface area (Å²) in [4.78, 5) is 18.8. The number of amides is 1. The minimum Gasteiger partial charge on any atom is -0.481 e. The van der Waals surface area contributed by atoms with Gasteiger partial charge in [-0.2, -0.15) is 10.1 Å². The maximum Gasteiger partial charge on any atom is 0.414 e. The van der Waals surface area contributed by atoms with Gasteiger partial charge in [0, 0.05) is 41.1 Å². The maximum absolute atomic E-state index is 12.6. The lowest BCUT2D eigenvalue weighted by Crippen LogP contribution is -2.42. The number of carbonyl (C=O) groups is 1. The molecule has 9 nitrogen and oxygen atoms in total. The van der Waals surface area contributed by atoms with Gasteiger partial charge >= 0.3 is 6.09 Å². The molecular weight excluding hydrogens is 446 g/mol. The van der Waals surface area contributed by atoms with Crippen LogP contribution in [0.25, 0.3) is 11.1 Å². The monoisotopic (exact) mass is 477 g/mol. The van der Waals surface area contributed by atoms with Crippen LogP contribution in [0.4, 0.5) is 10.5 Å². The number of nitrogens with zero attached hydrogens (tertiary/aromatic N) is 4. The molecular formula is C26H31N5O4. The number of pyridine rings is 1. The zero-order valence-electron chi connectivity index (χ0n) is 20.4. The van der Waals surface area contributed by atoms with E-state index in [9.17, 15) is 4.79 Å². The largest absolute Gasteiger partial charge is 0.481 e. The molecule has 1 N–H and O–H groups in total. The van der Waals surface area contributed by atoms with Crippen LogP contribution < -0.4 is 19.7 Å². The van der Waals surface area contributed by atoms with E-state index in [1.165, 1.54) is 7.11 Å². The van der Waals surface area contributed by atoms with Gasteiger partial charge in [0.15, 0.2) is 0 Å². The number of hydrogen-bond acceptors (Lipinski definition) is 7. The maximum atomic E-state index is 12.6. The first-order chi connectivity index (χ1) is 17.1. The van der Waals surface area contributed by atoms with Crippen molar-refractivity contribution >= 4 is 11.8 Å². The van der Waals surface area contributed by atoms with Gasteiger partial charge in [0.05, 0.1) is 32.1 Å². The third kappa shape index (κ3) is 4.55. The lowest BCUT2D eigenvalue weighted by atomic mass is 9.92. The Hall–Kier alpha value is -3.59. The molecule has 1 amide bonds. The predicted molar refractivity (Wildman–Crippen MR) is 132 cm³/mol. The number of piperidine rings is 1. The minimum absolute atomic E-state index is 0.0197. The molecule has 0 radical (unpaired) electrons. The van der Waals surface area contributed by atoms with E-state index in [1.807, 2.05) is 31.3 Å². The molecule has 184 valence electrons. The third-order valence-electron chi connectivity index (χ3n) is 6.83. The Morgan fingerprint density at radius 3 is 2.66 bits per heavy atom. The number of nitrogens with one attached hydrogen (secondary N) is 1. The van der Waals surface area contributed by atoms with E-state index in [1.54, 1.807) is 24.1 Å². The van der Waals surface area contributed by atoms with Crippen LogP contribution >= 0.6 is 0 Å². The molecule has 2 aromatic heterocycles. The van der Waals surface area contributed by atoms with Crippen molar-refractivity contribution in [3.8, 4) is 28.6 Å². The van der Waals surface area contributed by atoms with Crippen LogP contribution in [0.5, 0.6) is 17.5 Å². The van der Waals surface area contributed by atoms with Gasteiger partial charge in [-0.1, -0.05) is 6.07 Å².